The van der Waals surface area contributed by atoms with Gasteiger partial charge < -0.3 is 0 Å². The Kier molecular flexibility index (Phi) is 4.40. The molecule has 1 aromatic rings. The second kappa shape index (κ2) is 5.94. The second-order valence-corrected chi connectivity index (χ2v) is 11.9. The third-order valence-corrected chi connectivity index (χ3v) is 10.3. The third-order valence-electron chi connectivity index (χ3n) is 6.41. The molecule has 0 fully saturated rings. The van der Waals surface area contributed by atoms with Gasteiger partial charge in [-0.25, -0.2) is 0 Å². The van der Waals surface area contributed by atoms with Crippen LogP contribution in [0.3, 0.4) is 0 Å². The van der Waals surface area contributed by atoms with Gasteiger partial charge in [-0.05, 0) is 0 Å². The van der Waals surface area contributed by atoms with E-state index >= 15 is 0 Å². The van der Waals surface area contributed by atoms with Gasteiger partial charge in [0, 0.05) is 0 Å². The van der Waals surface area contributed by atoms with Gasteiger partial charge in [-0.3, -0.25) is 0 Å². The van der Waals surface area contributed by atoms with Crippen molar-refractivity contribution in [3.05, 3.63) is 51.6 Å². The molecule has 0 radical (unpaired) electrons. The molecule has 0 bridgehead atoms. The van der Waals surface area contributed by atoms with Crippen LogP contribution >= 0.6 is 0 Å². The van der Waals surface area contributed by atoms with Crippen LogP contribution in [0.15, 0.2) is 40.5 Å². The van der Waals surface area contributed by atoms with Crippen molar-refractivity contribution in [2.45, 2.75) is 54.7 Å². The normalized spacial score (nSPS) is 20.2. The Balaban J connectivity index is 2.36. The number of anilines is 1. The van der Waals surface area contributed by atoms with Gasteiger partial charge in [-0.2, -0.15) is 0 Å². The Bertz CT molecular complexity index is 685. The summed E-state index contributed by atoms with van der Waals surface area (Å²) in [5, 5.41) is 5.11. The molecule has 0 unspecified atom stereocenters. The van der Waals surface area contributed by atoms with Crippen molar-refractivity contribution in [2.75, 3.05) is 18.5 Å². The van der Waals surface area contributed by atoms with Crippen LogP contribution in [0.25, 0.3) is 0 Å². The number of allylic oxidation sites excluding steroid dienone is 4. The molecule has 1 aliphatic carbocycles. The van der Waals surface area contributed by atoms with E-state index in [0.29, 0.717) is 0 Å². The monoisotopic (exact) mass is 344 g/mol. The minimum atomic E-state index is -1.31. The van der Waals surface area contributed by atoms with Gasteiger partial charge in [0.15, 0.2) is 0 Å². The molecule has 2 heteroatoms. The molecule has 0 atom stereocenters. The van der Waals surface area contributed by atoms with Crippen LogP contribution in [-0.4, -0.2) is 13.6 Å². The van der Waals surface area contributed by atoms with Crippen molar-refractivity contribution in [2.24, 2.45) is 0 Å². The molecule has 1 aromatic carbocycles. The molecule has 0 saturated heterocycles. The van der Waals surface area contributed by atoms with Crippen LogP contribution in [0.4, 0.5) is 5.69 Å². The topological polar surface area (TPSA) is 3.24 Å². The van der Waals surface area contributed by atoms with E-state index in [-0.39, 0.29) is 3.72 Å². The predicted octanol–water partition coefficient (Wildman–Crippen LogP) is 5.67. The average molecular weight is 344 g/mol. The summed E-state index contributed by atoms with van der Waals surface area (Å²) >= 11 is -1.31. The number of rotatable bonds is 2. The van der Waals surface area contributed by atoms with Gasteiger partial charge in [0.05, 0.1) is 0 Å². The van der Waals surface area contributed by atoms with Gasteiger partial charge in [-0.15, -0.1) is 0 Å². The second-order valence-electron chi connectivity index (χ2n) is 7.59. The first-order valence-corrected chi connectivity index (χ1v) is 12.7. The van der Waals surface area contributed by atoms with E-state index in [4.69, 9.17) is 0 Å². The molecule has 2 aliphatic rings. The van der Waals surface area contributed by atoms with Crippen LogP contribution in [0, 0.1) is 0 Å². The molecule has 1 nitrogen and oxygen atoms in total. The number of hydrogen-bond donors (Lipinski definition) is 0. The van der Waals surface area contributed by atoms with E-state index in [9.17, 15) is 0 Å². The molecule has 123 valence electrons. The van der Waals surface area contributed by atoms with E-state index in [0.717, 1.165) is 0 Å². The number of fused-ring (bicyclic) bond motifs is 1. The maximum absolute atomic E-state index is 2.56. The fourth-order valence-corrected chi connectivity index (χ4v) is 9.08. The quantitative estimate of drug-likeness (QED) is 0.625. The van der Waals surface area contributed by atoms with Gasteiger partial charge in [-0.1, -0.05) is 0 Å². The van der Waals surface area contributed by atoms with E-state index in [1.54, 1.807) is 22.3 Å². The minimum absolute atomic E-state index is 0.227. The molecule has 0 aromatic heterocycles. The fraction of sp³-hybridized carbons (Fsp3) is 0.524. The summed E-state index contributed by atoms with van der Waals surface area (Å²) in [6.45, 7) is 10.6. The number of hydrogen-bond acceptors (Lipinski definition) is 1. The molecule has 0 spiro atoms. The number of para-hydroxylation sites is 1. The number of aryl methyl sites for hydroxylation is 1. The predicted molar refractivity (Wildman–Crippen MR) is 98.2 cm³/mol. The zero-order valence-corrected chi connectivity index (χ0v) is 17.4. The molecule has 1 aliphatic heterocycles. The summed E-state index contributed by atoms with van der Waals surface area (Å²) in [6, 6.07) is 7.08. The van der Waals surface area contributed by atoms with Crippen molar-refractivity contribution >= 4 is 5.69 Å². The van der Waals surface area contributed by atoms with Crippen LogP contribution in [0.1, 0.15) is 45.2 Å². The summed E-state index contributed by atoms with van der Waals surface area (Å²) in [6.07, 6.45) is 2.51. The van der Waals surface area contributed by atoms with Crippen LogP contribution in [0.2, 0.25) is 10.5 Å². The first-order chi connectivity index (χ1) is 10.8. The Hall–Kier alpha value is -0.786. The van der Waals surface area contributed by atoms with Crippen molar-refractivity contribution in [1.82, 2.24) is 0 Å². The molecule has 23 heavy (non-hydrogen) atoms. The molecule has 0 saturated carbocycles. The zero-order valence-electron chi connectivity index (χ0n) is 15.8. The first kappa shape index (κ1) is 17.1. The van der Waals surface area contributed by atoms with E-state index in [1.165, 1.54) is 36.2 Å². The van der Waals surface area contributed by atoms with Crippen LogP contribution in [-0.2, 0) is 28.0 Å². The number of nitrogens with zero attached hydrogens (tertiary/aromatic N) is 1. The van der Waals surface area contributed by atoms with E-state index in [2.05, 4.69) is 68.3 Å². The maximum atomic E-state index is 2.56. The van der Waals surface area contributed by atoms with Gasteiger partial charge in [0.1, 0.15) is 0 Å². The van der Waals surface area contributed by atoms with Crippen molar-refractivity contribution < 1.29 is 17.9 Å². The molecule has 3 rings (SSSR count). The Morgan fingerprint density at radius 3 is 2.17 bits per heavy atom. The van der Waals surface area contributed by atoms with Crippen LogP contribution < -0.4 is 4.90 Å². The van der Waals surface area contributed by atoms with Gasteiger partial charge >= 0.3 is 148 Å². The fourth-order valence-electron chi connectivity index (χ4n) is 4.99. The SMILES string of the molecule is CC1=C(C)[C](c2cccc3c2N(C)CCC3)([Ti]([CH3])[CH3])C(C)=C1C. The molecular formula is C21H30NTi. The third kappa shape index (κ3) is 2.23. The van der Waals surface area contributed by atoms with Crippen molar-refractivity contribution in [3.63, 3.8) is 0 Å². The standard InChI is InChI=1S/C19H24N.2CH3.Ti/c1-12-13(2)15(4)18(14(12)3)17-10-6-8-16-9-7-11-20(5)19(16)17;;;/h6,8,10H,7,9,11H2,1-5H3;2*1H3;. The van der Waals surface area contributed by atoms with Crippen molar-refractivity contribution in [1.29, 1.82) is 0 Å². The molecule has 1 heterocycles. The van der Waals surface area contributed by atoms with Crippen LogP contribution in [0.5, 0.6) is 0 Å². The Morgan fingerprint density at radius 1 is 1.00 bits per heavy atom. The molecule has 0 amide bonds. The zero-order chi connectivity index (χ0) is 16.9. The Morgan fingerprint density at radius 2 is 1.61 bits per heavy atom. The van der Waals surface area contributed by atoms with Gasteiger partial charge in [0.2, 0.25) is 0 Å². The average Bonchev–Trinajstić information content (AvgIpc) is 2.69. The van der Waals surface area contributed by atoms with Crippen molar-refractivity contribution in [3.8, 4) is 0 Å². The summed E-state index contributed by atoms with van der Waals surface area (Å²) < 4.78 is 0.227. The summed E-state index contributed by atoms with van der Waals surface area (Å²) in [7, 11) is 2.28. The summed E-state index contributed by atoms with van der Waals surface area (Å²) in [5.74, 6) is 0. The van der Waals surface area contributed by atoms with E-state index < -0.39 is 17.9 Å². The molecular weight excluding hydrogens is 314 g/mol. The summed E-state index contributed by atoms with van der Waals surface area (Å²) in [4.78, 5) is 2.51. The Labute approximate surface area is 148 Å². The van der Waals surface area contributed by atoms with E-state index in [1.807, 2.05) is 0 Å². The van der Waals surface area contributed by atoms with Gasteiger partial charge in [0.25, 0.3) is 0 Å². The number of benzene rings is 1. The first-order valence-electron chi connectivity index (χ1n) is 8.83. The molecule has 0 N–H and O–H groups in total. The summed E-state index contributed by atoms with van der Waals surface area (Å²) in [5.41, 5.74) is 11.0.